The largest absolute Gasteiger partial charge is 0.495 e. The molecule has 0 fully saturated rings. The molecule has 0 saturated heterocycles. The second-order valence-electron chi connectivity index (χ2n) is 6.10. The van der Waals surface area contributed by atoms with E-state index >= 15 is 0 Å². The molecule has 7 nitrogen and oxygen atoms in total. The minimum atomic E-state index is -1.22. The van der Waals surface area contributed by atoms with E-state index in [0.717, 1.165) is 17.0 Å². The number of carboxylic acids is 1. The number of rotatable bonds is 6. The Morgan fingerprint density at radius 1 is 1.35 bits per heavy atom. The summed E-state index contributed by atoms with van der Waals surface area (Å²) in [7, 11) is 3.27. The Balaban J connectivity index is 2.28. The normalized spacial score (nSPS) is 13.2. The molecule has 1 aromatic heterocycles. The zero-order valence-corrected chi connectivity index (χ0v) is 16.1. The number of aromatic nitrogens is 2. The van der Waals surface area contributed by atoms with Gasteiger partial charge in [-0.3, -0.25) is 9.48 Å². The van der Waals surface area contributed by atoms with E-state index in [4.69, 9.17) is 16.3 Å². The van der Waals surface area contributed by atoms with E-state index in [2.05, 4.69) is 10.4 Å². The van der Waals surface area contributed by atoms with Gasteiger partial charge in [-0.1, -0.05) is 17.7 Å². The zero-order chi connectivity index (χ0) is 19.6. The standard InChI is InChI=1S/C18H22ClN3O4/c1-9(15-10(2)21-22(4)11(15)3)17(23)20-16(18(24)25)12-6-7-14(26-5)13(19)8-12/h6-9,16H,1-5H3,(H,20,23)(H,24,25). The fraction of sp³-hybridized carbons (Fsp3) is 0.389. The Bertz CT molecular complexity index is 847. The average Bonchev–Trinajstić information content (AvgIpc) is 2.83. The molecule has 1 heterocycles. The molecule has 2 atom stereocenters. The smallest absolute Gasteiger partial charge is 0.330 e. The SMILES string of the molecule is COc1ccc(C(NC(=O)C(C)c2c(C)nn(C)c2C)C(=O)O)cc1Cl. The van der Waals surface area contributed by atoms with Gasteiger partial charge in [0.1, 0.15) is 5.75 Å². The number of carbonyl (C=O) groups excluding carboxylic acids is 1. The number of carboxylic acid groups (broad SMARTS) is 1. The third-order valence-electron chi connectivity index (χ3n) is 4.43. The third-order valence-corrected chi connectivity index (χ3v) is 4.73. The van der Waals surface area contributed by atoms with Crippen LogP contribution in [0.5, 0.6) is 5.75 Å². The van der Waals surface area contributed by atoms with Crippen LogP contribution in [0.2, 0.25) is 5.02 Å². The first-order valence-corrected chi connectivity index (χ1v) is 8.41. The van der Waals surface area contributed by atoms with E-state index in [1.807, 2.05) is 13.8 Å². The molecule has 0 aliphatic heterocycles. The van der Waals surface area contributed by atoms with Gasteiger partial charge in [0.2, 0.25) is 5.91 Å². The number of halogens is 1. The van der Waals surface area contributed by atoms with E-state index in [0.29, 0.717) is 11.3 Å². The summed E-state index contributed by atoms with van der Waals surface area (Å²) in [5.41, 5.74) is 2.77. The first-order chi connectivity index (χ1) is 12.2. The van der Waals surface area contributed by atoms with Crippen LogP contribution in [0.25, 0.3) is 0 Å². The van der Waals surface area contributed by atoms with Crippen molar-refractivity contribution in [2.45, 2.75) is 32.7 Å². The quantitative estimate of drug-likeness (QED) is 0.804. The van der Waals surface area contributed by atoms with Crippen LogP contribution >= 0.6 is 11.6 Å². The number of nitrogens with zero attached hydrogens (tertiary/aromatic N) is 2. The lowest BCUT2D eigenvalue weighted by atomic mass is 9.97. The molecule has 2 N–H and O–H groups in total. The predicted molar refractivity (Wildman–Crippen MR) is 97.6 cm³/mol. The van der Waals surface area contributed by atoms with Gasteiger partial charge in [-0.2, -0.15) is 5.10 Å². The highest BCUT2D eigenvalue weighted by molar-refractivity contribution is 6.32. The van der Waals surface area contributed by atoms with Crippen molar-refractivity contribution in [1.82, 2.24) is 15.1 Å². The van der Waals surface area contributed by atoms with Gasteiger partial charge in [0, 0.05) is 18.3 Å². The zero-order valence-electron chi connectivity index (χ0n) is 15.3. The lowest BCUT2D eigenvalue weighted by Gasteiger charge is -2.19. The highest BCUT2D eigenvalue weighted by Crippen LogP contribution is 2.29. The summed E-state index contributed by atoms with van der Waals surface area (Å²) in [6.07, 6.45) is 0. The molecule has 2 unspecified atom stereocenters. The number of benzene rings is 1. The molecule has 0 bridgehead atoms. The first-order valence-electron chi connectivity index (χ1n) is 8.04. The van der Waals surface area contributed by atoms with Crippen LogP contribution in [0, 0.1) is 13.8 Å². The van der Waals surface area contributed by atoms with Gasteiger partial charge < -0.3 is 15.2 Å². The van der Waals surface area contributed by atoms with Gasteiger partial charge in [-0.05, 0) is 38.5 Å². The maximum absolute atomic E-state index is 12.7. The molecule has 140 valence electrons. The number of hydrogen-bond acceptors (Lipinski definition) is 4. The van der Waals surface area contributed by atoms with E-state index < -0.39 is 23.8 Å². The van der Waals surface area contributed by atoms with Crippen LogP contribution in [0.4, 0.5) is 0 Å². The fourth-order valence-electron chi connectivity index (χ4n) is 2.96. The number of methoxy groups -OCH3 is 1. The van der Waals surface area contributed by atoms with Crippen molar-refractivity contribution in [3.63, 3.8) is 0 Å². The van der Waals surface area contributed by atoms with Crippen LogP contribution in [-0.2, 0) is 16.6 Å². The summed E-state index contributed by atoms with van der Waals surface area (Å²) >= 11 is 6.08. The van der Waals surface area contributed by atoms with Crippen molar-refractivity contribution >= 4 is 23.5 Å². The number of aliphatic carboxylic acids is 1. The van der Waals surface area contributed by atoms with Gasteiger partial charge in [-0.15, -0.1) is 0 Å². The average molecular weight is 380 g/mol. The van der Waals surface area contributed by atoms with E-state index in [1.54, 1.807) is 30.8 Å². The molecule has 2 aromatic rings. The molecule has 0 aliphatic rings. The lowest BCUT2D eigenvalue weighted by Crippen LogP contribution is -2.36. The van der Waals surface area contributed by atoms with Gasteiger partial charge in [0.05, 0.1) is 23.7 Å². The molecule has 0 radical (unpaired) electrons. The Morgan fingerprint density at radius 2 is 2.00 bits per heavy atom. The molecule has 0 spiro atoms. The molecular formula is C18H22ClN3O4. The minimum Gasteiger partial charge on any atom is -0.495 e. The van der Waals surface area contributed by atoms with Crippen LogP contribution in [0.15, 0.2) is 18.2 Å². The molecule has 1 amide bonds. The first kappa shape index (κ1) is 19.8. The molecule has 0 saturated carbocycles. The summed E-state index contributed by atoms with van der Waals surface area (Å²) in [5, 5.41) is 16.7. The Hall–Kier alpha value is -2.54. The van der Waals surface area contributed by atoms with Crippen LogP contribution in [0.3, 0.4) is 0 Å². The predicted octanol–water partition coefficient (Wildman–Crippen LogP) is 2.74. The minimum absolute atomic E-state index is 0.275. The van der Waals surface area contributed by atoms with Crippen LogP contribution < -0.4 is 10.1 Å². The molecule has 8 heteroatoms. The topological polar surface area (TPSA) is 93.5 Å². The Kier molecular flexibility index (Phi) is 5.92. The Morgan fingerprint density at radius 3 is 2.46 bits per heavy atom. The highest BCUT2D eigenvalue weighted by atomic mass is 35.5. The number of carbonyl (C=O) groups is 2. The van der Waals surface area contributed by atoms with Crippen molar-refractivity contribution in [3.8, 4) is 5.75 Å². The van der Waals surface area contributed by atoms with Crippen molar-refractivity contribution in [3.05, 3.63) is 45.7 Å². The van der Waals surface area contributed by atoms with Crippen molar-refractivity contribution in [2.75, 3.05) is 7.11 Å². The number of aryl methyl sites for hydroxylation is 2. The monoisotopic (exact) mass is 379 g/mol. The molecule has 1 aromatic carbocycles. The van der Waals surface area contributed by atoms with E-state index in [-0.39, 0.29) is 5.02 Å². The summed E-state index contributed by atoms with van der Waals surface area (Å²) in [5.74, 6) is -1.69. The van der Waals surface area contributed by atoms with E-state index in [1.165, 1.54) is 13.2 Å². The fourth-order valence-corrected chi connectivity index (χ4v) is 3.23. The molecule has 26 heavy (non-hydrogen) atoms. The highest BCUT2D eigenvalue weighted by Gasteiger charge is 2.28. The Labute approximate surface area is 156 Å². The van der Waals surface area contributed by atoms with Gasteiger partial charge in [-0.25, -0.2) is 4.79 Å². The maximum atomic E-state index is 12.7. The van der Waals surface area contributed by atoms with Crippen LogP contribution in [0.1, 0.15) is 41.4 Å². The van der Waals surface area contributed by atoms with Gasteiger partial charge in [0.25, 0.3) is 0 Å². The lowest BCUT2D eigenvalue weighted by molar-refractivity contribution is -0.142. The molecule has 0 aliphatic carbocycles. The maximum Gasteiger partial charge on any atom is 0.330 e. The third kappa shape index (κ3) is 3.83. The van der Waals surface area contributed by atoms with Crippen molar-refractivity contribution < 1.29 is 19.4 Å². The summed E-state index contributed by atoms with van der Waals surface area (Å²) in [4.78, 5) is 24.4. The van der Waals surface area contributed by atoms with E-state index in [9.17, 15) is 14.7 Å². The number of amides is 1. The molecular weight excluding hydrogens is 358 g/mol. The second kappa shape index (κ2) is 7.78. The molecule has 2 rings (SSSR count). The van der Waals surface area contributed by atoms with Gasteiger partial charge in [0.15, 0.2) is 6.04 Å². The summed E-state index contributed by atoms with van der Waals surface area (Å²) in [6, 6.07) is 3.39. The number of hydrogen-bond donors (Lipinski definition) is 2. The van der Waals surface area contributed by atoms with Crippen LogP contribution in [-0.4, -0.2) is 33.9 Å². The van der Waals surface area contributed by atoms with Gasteiger partial charge >= 0.3 is 5.97 Å². The summed E-state index contributed by atoms with van der Waals surface area (Å²) < 4.78 is 6.77. The summed E-state index contributed by atoms with van der Waals surface area (Å²) in [6.45, 7) is 5.42. The number of ether oxygens (including phenoxy) is 1. The second-order valence-corrected chi connectivity index (χ2v) is 6.51. The van der Waals surface area contributed by atoms with Crippen molar-refractivity contribution in [1.29, 1.82) is 0 Å². The number of nitrogens with one attached hydrogen (secondary N) is 1. The van der Waals surface area contributed by atoms with Crippen molar-refractivity contribution in [2.24, 2.45) is 7.05 Å².